The van der Waals surface area contributed by atoms with Crippen molar-refractivity contribution in [3.8, 4) is 5.75 Å². The Kier molecular flexibility index (Phi) is 5.27. The molecule has 1 aromatic carbocycles. The number of rotatable bonds is 4. The molecule has 1 N–H and O–H groups in total. The zero-order chi connectivity index (χ0) is 13.0. The highest BCUT2D eigenvalue weighted by molar-refractivity contribution is 5.79. The van der Waals surface area contributed by atoms with Crippen LogP contribution in [0.2, 0.25) is 0 Å². The van der Waals surface area contributed by atoms with E-state index in [-0.39, 0.29) is 18.2 Å². The fraction of sp³-hybridized carbons (Fsp3) is 0.0667. The molecular formula is C15H14ClNO2. The van der Waals surface area contributed by atoms with Crippen molar-refractivity contribution in [3.05, 3.63) is 66.0 Å². The summed E-state index contributed by atoms with van der Waals surface area (Å²) in [5.41, 5.74) is 2.34. The number of aromatic hydroxyl groups is 1. The molecule has 4 heteroatoms. The Labute approximate surface area is 118 Å². The highest BCUT2D eigenvalue weighted by Crippen LogP contribution is 2.16. The summed E-state index contributed by atoms with van der Waals surface area (Å²) in [7, 11) is 0. The molecule has 98 valence electrons. The third-order valence-electron chi connectivity index (χ3n) is 2.74. The monoisotopic (exact) mass is 275 g/mol. The highest BCUT2D eigenvalue weighted by atomic mass is 35.5. The number of phenolic OH excluding ortho intramolecular Hbond substituents is 1. The Hall–Kier alpha value is -2.13. The maximum absolute atomic E-state index is 10.7. The second-order valence-electron chi connectivity index (χ2n) is 4.02. The van der Waals surface area contributed by atoms with Gasteiger partial charge in [0.05, 0.1) is 5.56 Å². The number of carbonyl (C=O) groups is 1. The minimum atomic E-state index is 0. The van der Waals surface area contributed by atoms with E-state index >= 15 is 0 Å². The number of nitrogens with zero attached hydrogens (tertiary/aromatic N) is 1. The van der Waals surface area contributed by atoms with Gasteiger partial charge in [-0.25, -0.2) is 4.57 Å². The lowest BCUT2D eigenvalue weighted by atomic mass is 10.1. The number of benzene rings is 1. The Morgan fingerprint density at radius 2 is 1.89 bits per heavy atom. The minimum Gasteiger partial charge on any atom is -1.00 e. The summed E-state index contributed by atoms with van der Waals surface area (Å²) in [6.07, 6.45) is 6.34. The van der Waals surface area contributed by atoms with Gasteiger partial charge in [0.1, 0.15) is 5.75 Å². The SMILES string of the molecule is C=Cc1cc[n+](Cc2ccc(O)c(C=O)c2)cc1.[Cl-]. The van der Waals surface area contributed by atoms with Gasteiger partial charge in [-0.1, -0.05) is 12.7 Å². The number of pyridine rings is 1. The lowest BCUT2D eigenvalue weighted by Crippen LogP contribution is -3.00. The first-order chi connectivity index (χ1) is 8.72. The van der Waals surface area contributed by atoms with Gasteiger partial charge in [0.15, 0.2) is 25.2 Å². The van der Waals surface area contributed by atoms with Gasteiger partial charge in [-0.05, 0) is 23.8 Å². The van der Waals surface area contributed by atoms with Gasteiger partial charge in [-0.3, -0.25) is 4.79 Å². The summed E-state index contributed by atoms with van der Waals surface area (Å²) in [4.78, 5) is 10.7. The van der Waals surface area contributed by atoms with Gasteiger partial charge in [-0.2, -0.15) is 0 Å². The predicted molar refractivity (Wildman–Crippen MR) is 69.3 cm³/mol. The first-order valence-electron chi connectivity index (χ1n) is 5.61. The number of aromatic nitrogens is 1. The van der Waals surface area contributed by atoms with Gasteiger partial charge in [0.25, 0.3) is 0 Å². The molecule has 0 aliphatic carbocycles. The molecule has 0 spiro atoms. The van der Waals surface area contributed by atoms with Gasteiger partial charge in [-0.15, -0.1) is 0 Å². The Morgan fingerprint density at radius 3 is 2.47 bits per heavy atom. The molecule has 0 fully saturated rings. The molecule has 2 aromatic rings. The normalized spacial score (nSPS) is 9.47. The fourth-order valence-electron chi connectivity index (χ4n) is 1.72. The molecule has 0 saturated carbocycles. The average Bonchev–Trinajstić information content (AvgIpc) is 2.42. The fourth-order valence-corrected chi connectivity index (χ4v) is 1.72. The molecule has 0 aliphatic heterocycles. The van der Waals surface area contributed by atoms with Crippen molar-refractivity contribution < 1.29 is 26.9 Å². The van der Waals surface area contributed by atoms with E-state index in [2.05, 4.69) is 6.58 Å². The molecule has 19 heavy (non-hydrogen) atoms. The second kappa shape index (κ2) is 6.71. The lowest BCUT2D eigenvalue weighted by Gasteiger charge is -2.01. The standard InChI is InChI=1S/C15H13NO2.ClH/c1-2-12-5-7-16(8-6-12)10-13-3-4-15(18)14(9-13)11-17;/h2-9,11H,1,10H2;1H. The topological polar surface area (TPSA) is 41.2 Å². The van der Waals surface area contributed by atoms with Crippen molar-refractivity contribution in [2.75, 3.05) is 0 Å². The molecule has 0 bridgehead atoms. The van der Waals surface area contributed by atoms with Crippen LogP contribution in [0.15, 0.2) is 49.3 Å². The van der Waals surface area contributed by atoms with Crippen molar-refractivity contribution >= 4 is 12.4 Å². The Morgan fingerprint density at radius 1 is 1.21 bits per heavy atom. The number of halogens is 1. The van der Waals surface area contributed by atoms with Crippen LogP contribution in [0.5, 0.6) is 5.75 Å². The van der Waals surface area contributed by atoms with Crippen molar-refractivity contribution in [3.63, 3.8) is 0 Å². The van der Waals surface area contributed by atoms with E-state index in [1.807, 2.05) is 29.1 Å². The minimum absolute atomic E-state index is 0. The molecule has 1 aromatic heterocycles. The summed E-state index contributed by atoms with van der Waals surface area (Å²) in [5, 5.41) is 9.42. The zero-order valence-corrected chi connectivity index (χ0v) is 11.0. The molecule has 0 atom stereocenters. The largest absolute Gasteiger partial charge is 1.00 e. The molecule has 1 heterocycles. The predicted octanol–water partition coefficient (Wildman–Crippen LogP) is -0.812. The zero-order valence-electron chi connectivity index (χ0n) is 10.3. The van der Waals surface area contributed by atoms with Crippen LogP contribution in [-0.2, 0) is 6.54 Å². The van der Waals surface area contributed by atoms with Crippen molar-refractivity contribution in [1.29, 1.82) is 0 Å². The van der Waals surface area contributed by atoms with E-state index in [0.29, 0.717) is 18.4 Å². The summed E-state index contributed by atoms with van der Waals surface area (Å²) in [6.45, 7) is 4.35. The van der Waals surface area contributed by atoms with Gasteiger partial charge in [0, 0.05) is 17.7 Å². The number of phenols is 1. The maximum atomic E-state index is 10.7. The summed E-state index contributed by atoms with van der Waals surface area (Å²) in [6, 6.07) is 8.97. The molecule has 0 unspecified atom stereocenters. The molecule has 3 nitrogen and oxygen atoms in total. The number of hydrogen-bond acceptors (Lipinski definition) is 2. The van der Waals surface area contributed by atoms with Crippen LogP contribution in [0.4, 0.5) is 0 Å². The third-order valence-corrected chi connectivity index (χ3v) is 2.74. The van der Waals surface area contributed by atoms with E-state index in [9.17, 15) is 9.90 Å². The Balaban J connectivity index is 0.00000180. The molecule has 0 saturated heterocycles. The van der Waals surface area contributed by atoms with E-state index in [4.69, 9.17) is 0 Å². The third kappa shape index (κ3) is 3.66. The van der Waals surface area contributed by atoms with Gasteiger partial charge in [0.2, 0.25) is 0 Å². The van der Waals surface area contributed by atoms with Crippen LogP contribution in [0, 0.1) is 0 Å². The summed E-state index contributed by atoms with van der Waals surface area (Å²) >= 11 is 0. The Bertz CT molecular complexity index is 579. The van der Waals surface area contributed by atoms with E-state index in [1.165, 1.54) is 6.07 Å². The number of carbonyl (C=O) groups excluding carboxylic acids is 1. The molecular weight excluding hydrogens is 262 g/mol. The highest BCUT2D eigenvalue weighted by Gasteiger charge is 2.06. The average molecular weight is 276 g/mol. The van der Waals surface area contributed by atoms with E-state index in [0.717, 1.165) is 11.1 Å². The maximum Gasteiger partial charge on any atom is 0.173 e. The molecule has 0 aliphatic rings. The summed E-state index contributed by atoms with van der Waals surface area (Å²) < 4.78 is 1.99. The quantitative estimate of drug-likeness (QED) is 0.586. The molecule has 2 rings (SSSR count). The van der Waals surface area contributed by atoms with Gasteiger partial charge >= 0.3 is 0 Å². The summed E-state index contributed by atoms with van der Waals surface area (Å²) in [5.74, 6) is 0.0146. The smallest absolute Gasteiger partial charge is 0.173 e. The van der Waals surface area contributed by atoms with Crippen LogP contribution >= 0.6 is 0 Å². The van der Waals surface area contributed by atoms with E-state index in [1.54, 1.807) is 18.2 Å². The first kappa shape index (κ1) is 14.9. The van der Waals surface area contributed by atoms with E-state index < -0.39 is 0 Å². The van der Waals surface area contributed by atoms with Crippen LogP contribution in [-0.4, -0.2) is 11.4 Å². The molecule has 0 amide bonds. The van der Waals surface area contributed by atoms with Crippen LogP contribution in [0.1, 0.15) is 21.5 Å². The number of hydrogen-bond donors (Lipinski definition) is 1. The van der Waals surface area contributed by atoms with Crippen LogP contribution in [0.25, 0.3) is 6.08 Å². The van der Waals surface area contributed by atoms with Crippen molar-refractivity contribution in [2.24, 2.45) is 0 Å². The second-order valence-corrected chi connectivity index (χ2v) is 4.02. The first-order valence-corrected chi connectivity index (χ1v) is 5.61. The number of aldehydes is 1. The van der Waals surface area contributed by atoms with Crippen molar-refractivity contribution in [2.45, 2.75) is 6.54 Å². The van der Waals surface area contributed by atoms with Crippen LogP contribution < -0.4 is 17.0 Å². The molecule has 0 radical (unpaired) electrons. The lowest BCUT2D eigenvalue weighted by molar-refractivity contribution is -0.688. The van der Waals surface area contributed by atoms with Gasteiger partial charge < -0.3 is 17.5 Å². The van der Waals surface area contributed by atoms with Crippen LogP contribution in [0.3, 0.4) is 0 Å². The van der Waals surface area contributed by atoms with Crippen molar-refractivity contribution in [1.82, 2.24) is 0 Å².